The highest BCUT2D eigenvalue weighted by Crippen LogP contribution is 2.48. The molecule has 3 heterocycles. The van der Waals surface area contributed by atoms with Crippen molar-refractivity contribution in [2.45, 2.75) is 25.2 Å². The van der Waals surface area contributed by atoms with E-state index >= 15 is 0 Å². The highest BCUT2D eigenvalue weighted by molar-refractivity contribution is 5.82. The molecule has 176 valence electrons. The molecule has 0 bridgehead atoms. The van der Waals surface area contributed by atoms with Crippen molar-refractivity contribution < 1.29 is 18.7 Å². The number of amides is 1. The van der Waals surface area contributed by atoms with Crippen LogP contribution in [0.15, 0.2) is 65.5 Å². The van der Waals surface area contributed by atoms with Crippen molar-refractivity contribution in [1.29, 1.82) is 0 Å². The Morgan fingerprint density at radius 2 is 1.79 bits per heavy atom. The first-order valence-electron chi connectivity index (χ1n) is 11.2. The van der Waals surface area contributed by atoms with Crippen LogP contribution in [0.5, 0.6) is 0 Å². The van der Waals surface area contributed by atoms with Crippen LogP contribution >= 0.6 is 0 Å². The van der Waals surface area contributed by atoms with Gasteiger partial charge in [-0.1, -0.05) is 30.3 Å². The molecule has 6 nitrogen and oxygen atoms in total. The lowest BCUT2D eigenvalue weighted by Crippen LogP contribution is -2.46. The van der Waals surface area contributed by atoms with Gasteiger partial charge in [0, 0.05) is 42.8 Å². The van der Waals surface area contributed by atoms with Crippen LogP contribution in [0, 0.1) is 23.5 Å². The molecule has 0 radical (unpaired) electrons. The number of nitrogens with zero attached hydrogens (tertiary/aromatic N) is 2. The highest BCUT2D eigenvalue weighted by atomic mass is 19.1. The number of likely N-dealkylation sites (tertiary alicyclic amines) is 1. The number of carbonyl (C=O) groups is 1. The van der Waals surface area contributed by atoms with Crippen LogP contribution < -0.4 is 10.9 Å². The summed E-state index contributed by atoms with van der Waals surface area (Å²) in [5.41, 5.74) is 1.79. The minimum absolute atomic E-state index is 0.139. The van der Waals surface area contributed by atoms with Gasteiger partial charge < -0.3 is 15.0 Å². The number of nitrogens with one attached hydrogen (secondary N) is 1. The first-order chi connectivity index (χ1) is 16.4. The summed E-state index contributed by atoms with van der Waals surface area (Å²) in [6, 6.07) is 14.7. The zero-order valence-electron chi connectivity index (χ0n) is 18.6. The molecule has 5 rings (SSSR count). The number of halogens is 2. The number of aromatic nitrogens is 1. The summed E-state index contributed by atoms with van der Waals surface area (Å²) >= 11 is 0. The molecule has 0 spiro atoms. The first-order valence-corrected chi connectivity index (χ1v) is 11.2. The Morgan fingerprint density at radius 3 is 2.50 bits per heavy atom. The molecule has 1 amide bonds. The number of pyridine rings is 1. The number of fused-ring (bicyclic) bond motifs is 3. The lowest BCUT2D eigenvalue weighted by Gasteiger charge is -2.27. The van der Waals surface area contributed by atoms with Crippen molar-refractivity contribution in [3.63, 3.8) is 0 Å². The van der Waals surface area contributed by atoms with Crippen molar-refractivity contribution in [3.05, 3.63) is 93.9 Å². The first kappa shape index (κ1) is 22.4. The molecular formula is C26H25F2N3O3. The molecule has 1 fully saturated rings. The van der Waals surface area contributed by atoms with E-state index in [4.69, 9.17) is 0 Å². The Hall–Kier alpha value is -3.36. The Kier molecular flexibility index (Phi) is 5.79. The van der Waals surface area contributed by atoms with Crippen molar-refractivity contribution in [2.75, 3.05) is 13.7 Å². The lowest BCUT2D eigenvalue weighted by molar-refractivity contribution is -0.127. The molecule has 2 N–H and O–H groups in total. The summed E-state index contributed by atoms with van der Waals surface area (Å²) in [6.07, 6.45) is 0. The number of likely N-dealkylation sites (N-methyl/N-ethyl adjacent to an activating group) is 1. The van der Waals surface area contributed by atoms with Gasteiger partial charge in [0.05, 0.1) is 17.6 Å². The van der Waals surface area contributed by atoms with Gasteiger partial charge in [-0.2, -0.15) is 0 Å². The zero-order chi connectivity index (χ0) is 24.0. The van der Waals surface area contributed by atoms with E-state index in [1.807, 2.05) is 18.0 Å². The van der Waals surface area contributed by atoms with Crippen molar-refractivity contribution in [3.8, 4) is 11.1 Å². The average molecular weight is 466 g/mol. The van der Waals surface area contributed by atoms with Gasteiger partial charge in [-0.15, -0.1) is 0 Å². The number of hydrogen-bond donors (Lipinski definition) is 2. The van der Waals surface area contributed by atoms with E-state index in [1.165, 1.54) is 18.2 Å². The van der Waals surface area contributed by atoms with Crippen LogP contribution in [0.3, 0.4) is 0 Å². The van der Waals surface area contributed by atoms with E-state index in [0.717, 1.165) is 11.3 Å². The fraction of sp³-hybridized carbons (Fsp3) is 0.308. The Morgan fingerprint density at radius 1 is 1.06 bits per heavy atom. The van der Waals surface area contributed by atoms with Gasteiger partial charge in [-0.3, -0.25) is 14.5 Å². The molecule has 2 aliphatic heterocycles. The summed E-state index contributed by atoms with van der Waals surface area (Å²) in [7, 11) is 1.82. The smallest absolute Gasteiger partial charge is 0.258 e. The maximum Gasteiger partial charge on any atom is 0.258 e. The topological polar surface area (TPSA) is 74.6 Å². The fourth-order valence-electron chi connectivity index (χ4n) is 5.55. The predicted molar refractivity (Wildman–Crippen MR) is 123 cm³/mol. The minimum atomic E-state index is -0.574. The molecule has 1 saturated heterocycles. The van der Waals surface area contributed by atoms with Crippen LogP contribution in [-0.4, -0.2) is 40.2 Å². The van der Waals surface area contributed by atoms with Gasteiger partial charge in [0.2, 0.25) is 5.91 Å². The fourth-order valence-corrected chi connectivity index (χ4v) is 5.55. The largest absolute Gasteiger partial charge is 0.396 e. The van der Waals surface area contributed by atoms with Crippen LogP contribution in [-0.2, 0) is 17.9 Å². The van der Waals surface area contributed by atoms with Gasteiger partial charge in [-0.05, 0) is 42.9 Å². The normalized spacial score (nSPS) is 23.5. The molecule has 2 aliphatic rings. The summed E-state index contributed by atoms with van der Waals surface area (Å²) < 4.78 is 29.1. The number of aliphatic hydroxyl groups excluding tert-OH is 1. The molecule has 2 aromatic carbocycles. The second kappa shape index (κ2) is 8.77. The van der Waals surface area contributed by atoms with Gasteiger partial charge in [-0.25, -0.2) is 8.78 Å². The Labute approximate surface area is 195 Å². The number of hydrogen-bond acceptors (Lipinski definition) is 4. The number of benzene rings is 2. The maximum atomic E-state index is 14.3. The monoisotopic (exact) mass is 465 g/mol. The van der Waals surface area contributed by atoms with Crippen molar-refractivity contribution >= 4 is 5.91 Å². The summed E-state index contributed by atoms with van der Waals surface area (Å²) in [6.45, 7) is 0.389. The third kappa shape index (κ3) is 3.63. The second-order valence-electron chi connectivity index (χ2n) is 8.98. The van der Waals surface area contributed by atoms with Crippen LogP contribution in [0.2, 0.25) is 0 Å². The SMILES string of the molecule is CN1[C@H](C(=O)NCc2ccc(F)cc2)[C@@H](CO)[C@@H]2Cn3c(ccc(-c4ccccc4F)c3=O)[C@@H]21. The molecule has 0 saturated carbocycles. The number of carbonyl (C=O) groups excluding carboxylic acids is 1. The van der Waals surface area contributed by atoms with Gasteiger partial charge in [0.1, 0.15) is 11.6 Å². The summed E-state index contributed by atoms with van der Waals surface area (Å²) in [5.74, 6) is -1.54. The van der Waals surface area contributed by atoms with Crippen LogP contribution in [0.1, 0.15) is 17.3 Å². The maximum absolute atomic E-state index is 14.3. The van der Waals surface area contributed by atoms with E-state index in [2.05, 4.69) is 5.32 Å². The summed E-state index contributed by atoms with van der Waals surface area (Å²) in [4.78, 5) is 28.3. The molecule has 34 heavy (non-hydrogen) atoms. The molecule has 0 unspecified atom stereocenters. The van der Waals surface area contributed by atoms with Crippen LogP contribution in [0.25, 0.3) is 11.1 Å². The van der Waals surface area contributed by atoms with E-state index < -0.39 is 11.9 Å². The predicted octanol–water partition coefficient (Wildman–Crippen LogP) is 2.70. The Bertz CT molecular complexity index is 1290. The average Bonchev–Trinajstić information content (AvgIpc) is 3.35. The Balaban J connectivity index is 1.41. The van der Waals surface area contributed by atoms with Crippen LogP contribution in [0.4, 0.5) is 8.78 Å². The summed E-state index contributed by atoms with van der Waals surface area (Å²) in [5, 5.41) is 13.1. The van der Waals surface area contributed by atoms with Gasteiger partial charge in [0.25, 0.3) is 5.56 Å². The van der Waals surface area contributed by atoms with Crippen molar-refractivity contribution in [1.82, 2.24) is 14.8 Å². The zero-order valence-corrected chi connectivity index (χ0v) is 18.6. The van der Waals surface area contributed by atoms with E-state index in [1.54, 1.807) is 41.0 Å². The molecule has 1 aromatic heterocycles. The van der Waals surface area contributed by atoms with Gasteiger partial charge >= 0.3 is 0 Å². The van der Waals surface area contributed by atoms with E-state index in [9.17, 15) is 23.5 Å². The van der Waals surface area contributed by atoms with Gasteiger partial charge in [0.15, 0.2) is 0 Å². The number of rotatable bonds is 5. The third-order valence-electron chi connectivity index (χ3n) is 7.17. The molecule has 8 heteroatoms. The van der Waals surface area contributed by atoms with Crippen molar-refractivity contribution in [2.24, 2.45) is 11.8 Å². The standard InChI is InChI=1S/C26H25F2N3O3/c1-30-23-19(20(14-32)24(30)25(33)29-12-15-6-8-16(27)9-7-15)13-31-22(23)11-10-18(26(31)34)17-4-2-3-5-21(17)28/h2-11,19-20,23-24,32H,12-14H2,1H3,(H,29,33)/t19-,20-,23+,24-/m0/s1. The molecular weight excluding hydrogens is 440 g/mol. The molecule has 0 aliphatic carbocycles. The third-order valence-corrected chi connectivity index (χ3v) is 7.17. The number of aliphatic hydroxyl groups is 1. The van der Waals surface area contributed by atoms with E-state index in [0.29, 0.717) is 12.1 Å². The second-order valence-corrected chi connectivity index (χ2v) is 8.98. The highest BCUT2D eigenvalue weighted by Gasteiger charge is 2.54. The van der Waals surface area contributed by atoms with E-state index in [-0.39, 0.29) is 53.9 Å². The minimum Gasteiger partial charge on any atom is -0.396 e. The quantitative estimate of drug-likeness (QED) is 0.608. The molecule has 3 aromatic rings. The molecule has 4 atom stereocenters. The lowest BCUT2D eigenvalue weighted by atomic mass is 9.88.